The Bertz CT molecular complexity index is 478. The minimum atomic E-state index is -0.708. The summed E-state index contributed by atoms with van der Waals surface area (Å²) >= 11 is 0. The van der Waals surface area contributed by atoms with Crippen molar-refractivity contribution < 1.29 is 23.5 Å². The zero-order valence-electron chi connectivity index (χ0n) is 10.0. The summed E-state index contributed by atoms with van der Waals surface area (Å²) in [5, 5.41) is 2.33. The van der Waals surface area contributed by atoms with E-state index in [9.17, 15) is 14.0 Å². The van der Waals surface area contributed by atoms with Crippen molar-refractivity contribution in [1.29, 1.82) is 0 Å². The maximum atomic E-state index is 12.6. The molecule has 1 aromatic carbocycles. The molecule has 0 aliphatic carbocycles. The molecule has 19 heavy (non-hydrogen) atoms. The molecule has 6 heteroatoms. The Balaban J connectivity index is 2.23. The van der Waals surface area contributed by atoms with Crippen LogP contribution in [0.4, 0.5) is 4.39 Å². The maximum Gasteiger partial charge on any atom is 0.344 e. The van der Waals surface area contributed by atoms with Crippen molar-refractivity contribution in [1.82, 2.24) is 5.32 Å². The number of ether oxygens (including phenoxy) is 2. The lowest BCUT2D eigenvalue weighted by molar-refractivity contribution is -0.150. The number of nitrogens with one attached hydrogen (secondary N) is 1. The van der Waals surface area contributed by atoms with Crippen LogP contribution in [-0.2, 0) is 14.3 Å². The second-order valence-corrected chi connectivity index (χ2v) is 3.38. The van der Waals surface area contributed by atoms with Crippen LogP contribution in [-0.4, -0.2) is 31.6 Å². The van der Waals surface area contributed by atoms with Crippen LogP contribution in [0.3, 0.4) is 0 Å². The fraction of sp³-hybridized carbons (Fsp3) is 0.231. The molecule has 0 bridgehead atoms. The molecule has 0 aliphatic rings. The quantitative estimate of drug-likeness (QED) is 0.601. The lowest BCUT2D eigenvalue weighted by Gasteiger charge is -2.06. The van der Waals surface area contributed by atoms with Gasteiger partial charge in [0, 0.05) is 0 Å². The fourth-order valence-corrected chi connectivity index (χ4v) is 1.06. The number of carbonyl (C=O) groups excluding carboxylic acids is 2. The summed E-state index contributed by atoms with van der Waals surface area (Å²) in [5.41, 5.74) is 0. The predicted molar refractivity (Wildman–Crippen MR) is 64.7 cm³/mol. The van der Waals surface area contributed by atoms with Crippen LogP contribution in [0.25, 0.3) is 0 Å². The first-order valence-corrected chi connectivity index (χ1v) is 5.36. The van der Waals surface area contributed by atoms with Gasteiger partial charge in [-0.25, -0.2) is 9.18 Å². The third-order valence-corrected chi connectivity index (χ3v) is 1.92. The average Bonchev–Trinajstić information content (AvgIpc) is 2.42. The second kappa shape index (κ2) is 7.71. The van der Waals surface area contributed by atoms with Gasteiger partial charge in [0.05, 0.1) is 6.54 Å². The van der Waals surface area contributed by atoms with E-state index in [4.69, 9.17) is 11.2 Å². The van der Waals surface area contributed by atoms with Crippen molar-refractivity contribution >= 4 is 11.9 Å². The predicted octanol–water partition coefficient (Wildman–Crippen LogP) is 0.497. The molecule has 0 radical (unpaired) electrons. The number of benzene rings is 1. The maximum absolute atomic E-state index is 12.6. The molecule has 0 aromatic heterocycles. The van der Waals surface area contributed by atoms with Crippen molar-refractivity contribution in [2.24, 2.45) is 0 Å². The number of terminal acetylenes is 1. The Labute approximate surface area is 109 Å². The van der Waals surface area contributed by atoms with Gasteiger partial charge in [-0.3, -0.25) is 4.79 Å². The molecule has 5 nitrogen and oxygen atoms in total. The van der Waals surface area contributed by atoms with Gasteiger partial charge in [-0.15, -0.1) is 6.42 Å². The van der Waals surface area contributed by atoms with Gasteiger partial charge in [0.15, 0.2) is 13.2 Å². The van der Waals surface area contributed by atoms with Crippen molar-refractivity contribution in [3.63, 3.8) is 0 Å². The van der Waals surface area contributed by atoms with Gasteiger partial charge in [0.25, 0.3) is 5.91 Å². The standard InChI is InChI=1S/C13H12FNO4/c1-2-7-15-12(16)8-19-13(17)9-18-11-5-3-10(14)4-6-11/h1,3-6H,7-9H2,(H,15,16). The van der Waals surface area contributed by atoms with Crippen molar-refractivity contribution in [3.05, 3.63) is 30.1 Å². The number of carbonyl (C=O) groups is 2. The number of halogens is 1. The van der Waals surface area contributed by atoms with Crippen LogP contribution in [0, 0.1) is 18.2 Å². The van der Waals surface area contributed by atoms with Gasteiger partial charge in [-0.2, -0.15) is 0 Å². The van der Waals surface area contributed by atoms with Gasteiger partial charge in [-0.05, 0) is 24.3 Å². The van der Waals surface area contributed by atoms with E-state index in [0.717, 1.165) is 0 Å². The normalized spacial score (nSPS) is 9.26. The van der Waals surface area contributed by atoms with Gasteiger partial charge in [0.1, 0.15) is 11.6 Å². The van der Waals surface area contributed by atoms with Crippen molar-refractivity contribution in [2.75, 3.05) is 19.8 Å². The highest BCUT2D eigenvalue weighted by atomic mass is 19.1. The number of amides is 1. The molecule has 0 saturated heterocycles. The third kappa shape index (κ3) is 6.07. The molecule has 0 spiro atoms. The number of esters is 1. The van der Waals surface area contributed by atoms with Crippen LogP contribution in [0.2, 0.25) is 0 Å². The Morgan fingerprint density at radius 3 is 2.58 bits per heavy atom. The second-order valence-electron chi connectivity index (χ2n) is 3.38. The first kappa shape index (κ1) is 14.5. The summed E-state index contributed by atoms with van der Waals surface area (Å²) in [7, 11) is 0. The molecular weight excluding hydrogens is 253 g/mol. The van der Waals surface area contributed by atoms with Crippen LogP contribution >= 0.6 is 0 Å². The van der Waals surface area contributed by atoms with E-state index in [1.807, 2.05) is 0 Å². The molecule has 1 aromatic rings. The Morgan fingerprint density at radius 1 is 1.26 bits per heavy atom. The molecule has 0 atom stereocenters. The molecule has 0 fully saturated rings. The molecule has 1 rings (SSSR count). The summed E-state index contributed by atoms with van der Waals surface area (Å²) in [6.45, 7) is -0.718. The highest BCUT2D eigenvalue weighted by molar-refractivity contribution is 5.81. The van der Waals surface area contributed by atoms with E-state index < -0.39 is 24.3 Å². The minimum absolute atomic E-state index is 0.0719. The Hall–Kier alpha value is -2.55. The highest BCUT2D eigenvalue weighted by Gasteiger charge is 2.07. The number of hydrogen-bond donors (Lipinski definition) is 1. The topological polar surface area (TPSA) is 64.6 Å². The minimum Gasteiger partial charge on any atom is -0.482 e. The third-order valence-electron chi connectivity index (χ3n) is 1.92. The monoisotopic (exact) mass is 265 g/mol. The summed E-state index contributed by atoms with van der Waals surface area (Å²) in [6.07, 6.45) is 4.94. The summed E-state index contributed by atoms with van der Waals surface area (Å²) in [4.78, 5) is 22.3. The smallest absolute Gasteiger partial charge is 0.344 e. The lowest BCUT2D eigenvalue weighted by Crippen LogP contribution is -2.30. The molecule has 1 amide bonds. The van der Waals surface area contributed by atoms with Crippen LogP contribution < -0.4 is 10.1 Å². The molecule has 0 aliphatic heterocycles. The highest BCUT2D eigenvalue weighted by Crippen LogP contribution is 2.10. The SMILES string of the molecule is C#CCNC(=O)COC(=O)COc1ccc(F)cc1. The molecule has 100 valence electrons. The van der Waals surface area contributed by atoms with Crippen LogP contribution in [0.5, 0.6) is 5.75 Å². The first-order chi connectivity index (χ1) is 9.11. The molecular formula is C13H12FNO4. The summed E-state index contributed by atoms with van der Waals surface area (Å²) in [5.74, 6) is 0.935. The number of hydrogen-bond acceptors (Lipinski definition) is 4. The van der Waals surface area contributed by atoms with Crippen LogP contribution in [0.1, 0.15) is 0 Å². The average molecular weight is 265 g/mol. The van der Waals surface area contributed by atoms with Gasteiger partial charge in [-0.1, -0.05) is 5.92 Å². The Morgan fingerprint density at radius 2 is 1.95 bits per heavy atom. The van der Waals surface area contributed by atoms with Gasteiger partial charge < -0.3 is 14.8 Å². The largest absolute Gasteiger partial charge is 0.482 e. The van der Waals surface area contributed by atoms with E-state index in [-0.39, 0.29) is 13.2 Å². The fourth-order valence-electron chi connectivity index (χ4n) is 1.06. The number of rotatable bonds is 6. The summed E-state index contributed by atoms with van der Waals surface area (Å²) < 4.78 is 22.2. The molecule has 0 saturated carbocycles. The van der Waals surface area contributed by atoms with Crippen molar-refractivity contribution in [2.45, 2.75) is 0 Å². The van der Waals surface area contributed by atoms with Gasteiger partial charge >= 0.3 is 5.97 Å². The van der Waals surface area contributed by atoms with Crippen molar-refractivity contribution in [3.8, 4) is 18.1 Å². The van der Waals surface area contributed by atoms with E-state index in [2.05, 4.69) is 16.0 Å². The first-order valence-electron chi connectivity index (χ1n) is 5.36. The van der Waals surface area contributed by atoms with E-state index in [1.54, 1.807) is 0 Å². The van der Waals surface area contributed by atoms with E-state index in [1.165, 1.54) is 24.3 Å². The molecule has 0 heterocycles. The van der Waals surface area contributed by atoms with Gasteiger partial charge in [0.2, 0.25) is 0 Å². The van der Waals surface area contributed by atoms with E-state index >= 15 is 0 Å². The van der Waals surface area contributed by atoms with E-state index in [0.29, 0.717) is 5.75 Å². The summed E-state index contributed by atoms with van der Waals surface area (Å²) in [6, 6.07) is 5.16. The lowest BCUT2D eigenvalue weighted by atomic mass is 10.3. The molecule has 0 unspecified atom stereocenters. The zero-order valence-corrected chi connectivity index (χ0v) is 10.0. The zero-order chi connectivity index (χ0) is 14.1. The van der Waals surface area contributed by atoms with Crippen LogP contribution in [0.15, 0.2) is 24.3 Å². The Kier molecular flexibility index (Phi) is 5.89. The molecule has 1 N–H and O–H groups in total.